The number of nitrogens with zero attached hydrogens (tertiary/aromatic N) is 2. The number of benzene rings is 2. The van der Waals surface area contributed by atoms with Crippen LogP contribution in [0.1, 0.15) is 55.6 Å². The molecule has 2 aliphatic carbocycles. The highest BCUT2D eigenvalue weighted by atomic mass is 35.5. The number of halogens is 2. The minimum absolute atomic E-state index is 0.00996. The Morgan fingerprint density at radius 3 is 2.41 bits per heavy atom. The molecular weight excluding hydrogens is 635 g/mol. The number of hydrogen-bond acceptors (Lipinski definition) is 7. The molecule has 2 heterocycles. The number of phenols is 1. The predicted molar refractivity (Wildman–Crippen MR) is 167 cm³/mol. The van der Waals surface area contributed by atoms with Crippen LogP contribution in [0.4, 0.5) is 0 Å². The first-order valence-electron chi connectivity index (χ1n) is 15.4. The molecule has 0 aromatic heterocycles. The van der Waals surface area contributed by atoms with E-state index in [0.717, 1.165) is 10.5 Å². The van der Waals surface area contributed by atoms with Crippen molar-refractivity contribution < 1.29 is 38.9 Å². The van der Waals surface area contributed by atoms with Crippen LogP contribution in [0.5, 0.6) is 11.5 Å². The van der Waals surface area contributed by atoms with Crippen LogP contribution in [0.15, 0.2) is 60.2 Å². The van der Waals surface area contributed by atoms with Gasteiger partial charge in [0.2, 0.25) is 11.8 Å². The molecule has 2 aromatic rings. The maximum atomic E-state index is 13.9. The molecule has 6 atom stereocenters. The highest BCUT2D eigenvalue weighted by Crippen LogP contribution is 2.66. The molecule has 0 bridgehead atoms. The fraction of sp³-hybridized carbons (Fsp3) is 0.441. The standard InChI is InChI=1S/C34H34Cl2N2O8/c1-37-31(44)33(35)17-24-21(13-14-23-27(24)30(43)38(29(23)42)15-7-3-6-10-26(40)41)28(34(33,36)32(37)45)22-12-11-20(16-25(22)39)46-18-19-8-4-2-5-9-19/h2,4-5,8-9,11-13,16,23-24,27-28,39H,3,6-7,10,14-15,17-18H2,1H3,(H,40,41)/t23-,24+,27-,28+,33+,34-/m0/s1. The summed E-state index contributed by atoms with van der Waals surface area (Å²) in [7, 11) is 1.31. The lowest BCUT2D eigenvalue weighted by Gasteiger charge is -2.50. The molecule has 6 rings (SSSR count). The Balaban J connectivity index is 1.34. The van der Waals surface area contributed by atoms with Gasteiger partial charge in [-0.2, -0.15) is 0 Å². The molecule has 2 N–H and O–H groups in total. The number of aliphatic carboxylic acids is 1. The minimum Gasteiger partial charge on any atom is -0.508 e. The fourth-order valence-electron chi connectivity index (χ4n) is 7.70. The Morgan fingerprint density at radius 2 is 1.72 bits per heavy atom. The molecule has 0 unspecified atom stereocenters. The van der Waals surface area contributed by atoms with E-state index in [1.54, 1.807) is 12.1 Å². The van der Waals surface area contributed by atoms with Gasteiger partial charge in [-0.25, -0.2) is 0 Å². The summed E-state index contributed by atoms with van der Waals surface area (Å²) >= 11 is 14.4. The Kier molecular flexibility index (Phi) is 8.39. The maximum absolute atomic E-state index is 13.9. The smallest absolute Gasteiger partial charge is 0.303 e. The van der Waals surface area contributed by atoms with Crippen LogP contribution in [0.2, 0.25) is 0 Å². The number of carbonyl (C=O) groups is 5. The van der Waals surface area contributed by atoms with Crippen molar-refractivity contribution in [1.82, 2.24) is 9.80 Å². The number of unbranched alkanes of at least 4 members (excludes halogenated alkanes) is 2. The number of alkyl halides is 2. The topological polar surface area (TPSA) is 142 Å². The number of rotatable bonds is 10. The van der Waals surface area contributed by atoms with E-state index in [-0.39, 0.29) is 55.5 Å². The van der Waals surface area contributed by atoms with Gasteiger partial charge in [-0.15, -0.1) is 23.2 Å². The summed E-state index contributed by atoms with van der Waals surface area (Å²) in [6.07, 6.45) is 3.34. The summed E-state index contributed by atoms with van der Waals surface area (Å²) in [4.78, 5) is 63.8. The van der Waals surface area contributed by atoms with Crippen LogP contribution in [0, 0.1) is 17.8 Å². The Bertz CT molecular complexity index is 1650. The van der Waals surface area contributed by atoms with Gasteiger partial charge in [-0.05, 0) is 43.2 Å². The van der Waals surface area contributed by atoms with Gasteiger partial charge in [0.15, 0.2) is 9.75 Å². The minimum atomic E-state index is -2.01. The number of fused-ring (bicyclic) bond motifs is 4. The summed E-state index contributed by atoms with van der Waals surface area (Å²) in [6, 6.07) is 14.2. The molecule has 242 valence electrons. The first-order chi connectivity index (χ1) is 21.9. The lowest BCUT2D eigenvalue weighted by Crippen LogP contribution is -2.60. The van der Waals surface area contributed by atoms with Crippen molar-refractivity contribution in [3.63, 3.8) is 0 Å². The Morgan fingerprint density at radius 1 is 0.978 bits per heavy atom. The van der Waals surface area contributed by atoms with E-state index in [1.165, 1.54) is 18.0 Å². The van der Waals surface area contributed by atoms with Crippen molar-refractivity contribution >= 4 is 52.8 Å². The fourth-order valence-corrected chi connectivity index (χ4v) is 8.71. The summed E-state index contributed by atoms with van der Waals surface area (Å²) in [5.74, 6) is -6.13. The maximum Gasteiger partial charge on any atom is 0.303 e. The summed E-state index contributed by atoms with van der Waals surface area (Å²) in [6.45, 7) is 0.417. The second kappa shape index (κ2) is 12.0. The number of amides is 4. The van der Waals surface area contributed by atoms with Gasteiger partial charge >= 0.3 is 5.97 Å². The summed E-state index contributed by atoms with van der Waals surface area (Å²) in [5, 5.41) is 20.3. The number of hydrogen-bond donors (Lipinski definition) is 2. The van der Waals surface area contributed by atoms with Crippen LogP contribution >= 0.6 is 23.2 Å². The molecule has 46 heavy (non-hydrogen) atoms. The molecule has 1 saturated carbocycles. The SMILES string of the molecule is CN1C(=O)[C@]2(Cl)C[C@@H]3C(=CC[C@@H]4C(=O)N(CCCCCC(=O)O)C(=O)[C@@H]43)[C@H](c3ccc(OCc4ccccc4)cc3O)[C@]2(Cl)C1=O. The zero-order valence-electron chi connectivity index (χ0n) is 25.2. The van der Waals surface area contributed by atoms with Crippen LogP contribution in [-0.4, -0.2) is 73.0 Å². The first-order valence-corrected chi connectivity index (χ1v) is 16.1. The number of carboxylic acid groups (broad SMARTS) is 1. The number of carboxylic acids is 1. The quantitative estimate of drug-likeness (QED) is 0.162. The third kappa shape index (κ3) is 4.97. The highest BCUT2D eigenvalue weighted by Gasteiger charge is 2.76. The predicted octanol–water partition coefficient (Wildman–Crippen LogP) is 4.60. The molecule has 4 aliphatic rings. The van der Waals surface area contributed by atoms with E-state index in [9.17, 15) is 29.1 Å². The summed E-state index contributed by atoms with van der Waals surface area (Å²) < 4.78 is 5.88. The monoisotopic (exact) mass is 668 g/mol. The lowest BCUT2D eigenvalue weighted by molar-refractivity contribution is -0.141. The van der Waals surface area contributed by atoms with Crippen molar-refractivity contribution in [2.45, 2.75) is 60.8 Å². The molecule has 10 nitrogen and oxygen atoms in total. The van der Waals surface area contributed by atoms with Crippen LogP contribution < -0.4 is 4.74 Å². The number of allylic oxidation sites excluding steroid dienone is 2. The van der Waals surface area contributed by atoms with Crippen LogP contribution in [0.3, 0.4) is 0 Å². The normalized spacial score (nSPS) is 30.2. The van der Waals surface area contributed by atoms with Gasteiger partial charge in [0.05, 0.1) is 11.8 Å². The van der Waals surface area contributed by atoms with Crippen LogP contribution in [-0.2, 0) is 30.6 Å². The molecule has 2 aliphatic heterocycles. The zero-order chi connectivity index (χ0) is 33.0. The molecule has 4 amide bonds. The number of carbonyl (C=O) groups excluding carboxylic acids is 4. The van der Waals surface area contributed by atoms with Crippen molar-refractivity contribution in [2.24, 2.45) is 17.8 Å². The number of imide groups is 2. The number of aromatic hydroxyl groups is 1. The molecule has 2 aromatic carbocycles. The van der Waals surface area contributed by atoms with E-state index in [4.69, 9.17) is 33.0 Å². The van der Waals surface area contributed by atoms with Crippen molar-refractivity contribution in [3.8, 4) is 11.5 Å². The third-order valence-electron chi connectivity index (χ3n) is 9.94. The molecular formula is C34H34Cl2N2O8. The molecule has 3 fully saturated rings. The first kappa shape index (κ1) is 32.1. The second-order valence-corrected chi connectivity index (χ2v) is 13.8. The highest BCUT2D eigenvalue weighted by molar-refractivity contribution is 6.53. The van der Waals surface area contributed by atoms with E-state index in [2.05, 4.69) is 0 Å². The van der Waals surface area contributed by atoms with Gasteiger partial charge < -0.3 is 14.9 Å². The van der Waals surface area contributed by atoms with Gasteiger partial charge in [0.25, 0.3) is 11.8 Å². The Labute approximate surface area is 275 Å². The average Bonchev–Trinajstić information content (AvgIpc) is 3.35. The number of ether oxygens (including phenoxy) is 1. The van der Waals surface area contributed by atoms with Crippen molar-refractivity contribution in [3.05, 3.63) is 71.3 Å². The van der Waals surface area contributed by atoms with Crippen molar-refractivity contribution in [2.75, 3.05) is 13.6 Å². The Hall–Kier alpha value is -3.89. The molecule has 0 radical (unpaired) electrons. The lowest BCUT2D eigenvalue weighted by atomic mass is 9.56. The molecule has 0 spiro atoms. The van der Waals surface area contributed by atoms with E-state index < -0.39 is 51.2 Å². The zero-order valence-corrected chi connectivity index (χ0v) is 26.7. The van der Waals surface area contributed by atoms with E-state index >= 15 is 0 Å². The molecule has 2 saturated heterocycles. The van der Waals surface area contributed by atoms with Crippen LogP contribution in [0.25, 0.3) is 0 Å². The summed E-state index contributed by atoms with van der Waals surface area (Å²) in [5.41, 5.74) is 1.77. The largest absolute Gasteiger partial charge is 0.508 e. The second-order valence-electron chi connectivity index (χ2n) is 12.5. The number of likely N-dealkylation sites (tertiary alicyclic amines) is 2. The number of phenolic OH excluding ortho intramolecular Hbond substituents is 1. The van der Waals surface area contributed by atoms with E-state index in [1.807, 2.05) is 36.4 Å². The van der Waals surface area contributed by atoms with E-state index in [0.29, 0.717) is 30.6 Å². The molecule has 12 heteroatoms. The van der Waals surface area contributed by atoms with Gasteiger partial charge in [-0.1, -0.05) is 54.5 Å². The average molecular weight is 670 g/mol. The van der Waals surface area contributed by atoms with Gasteiger partial charge in [0.1, 0.15) is 18.1 Å². The van der Waals surface area contributed by atoms with Gasteiger partial charge in [0, 0.05) is 37.6 Å². The van der Waals surface area contributed by atoms with Crippen molar-refractivity contribution in [1.29, 1.82) is 0 Å². The third-order valence-corrected chi connectivity index (χ3v) is 11.4. The van der Waals surface area contributed by atoms with Gasteiger partial charge in [-0.3, -0.25) is 33.8 Å².